The third-order valence-corrected chi connectivity index (χ3v) is 3.11. The molecule has 0 heterocycles. The van der Waals surface area contributed by atoms with Gasteiger partial charge in [-0.3, -0.25) is 0 Å². The SMILES string of the molecule is CCNCc1cccc(COc2ccccc2OCC)c1. The zero-order valence-electron chi connectivity index (χ0n) is 12.8. The fourth-order valence-corrected chi connectivity index (χ4v) is 2.10. The normalized spacial score (nSPS) is 10.4. The van der Waals surface area contributed by atoms with Crippen LogP contribution in [0.2, 0.25) is 0 Å². The molecule has 21 heavy (non-hydrogen) atoms. The van der Waals surface area contributed by atoms with E-state index in [4.69, 9.17) is 9.47 Å². The summed E-state index contributed by atoms with van der Waals surface area (Å²) in [6.07, 6.45) is 0. The summed E-state index contributed by atoms with van der Waals surface area (Å²) in [5.41, 5.74) is 2.44. The van der Waals surface area contributed by atoms with Crippen LogP contribution in [0, 0.1) is 0 Å². The van der Waals surface area contributed by atoms with Gasteiger partial charge in [0.15, 0.2) is 11.5 Å². The first-order chi connectivity index (χ1) is 10.3. The highest BCUT2D eigenvalue weighted by atomic mass is 16.5. The van der Waals surface area contributed by atoms with E-state index < -0.39 is 0 Å². The topological polar surface area (TPSA) is 30.5 Å². The Morgan fingerprint density at radius 1 is 0.857 bits per heavy atom. The van der Waals surface area contributed by atoms with Crippen LogP contribution >= 0.6 is 0 Å². The first-order valence-corrected chi connectivity index (χ1v) is 7.46. The maximum absolute atomic E-state index is 5.89. The molecule has 0 atom stereocenters. The van der Waals surface area contributed by atoms with Crippen molar-refractivity contribution in [1.82, 2.24) is 5.32 Å². The summed E-state index contributed by atoms with van der Waals surface area (Å²) in [4.78, 5) is 0. The van der Waals surface area contributed by atoms with Crippen molar-refractivity contribution in [2.45, 2.75) is 27.0 Å². The number of para-hydroxylation sites is 2. The van der Waals surface area contributed by atoms with Crippen LogP contribution < -0.4 is 14.8 Å². The molecule has 2 aromatic carbocycles. The lowest BCUT2D eigenvalue weighted by Gasteiger charge is -2.12. The van der Waals surface area contributed by atoms with Crippen molar-refractivity contribution in [3.05, 3.63) is 59.7 Å². The lowest BCUT2D eigenvalue weighted by molar-refractivity contribution is 0.269. The van der Waals surface area contributed by atoms with E-state index in [0.717, 1.165) is 30.2 Å². The average molecular weight is 285 g/mol. The maximum atomic E-state index is 5.89. The first-order valence-electron chi connectivity index (χ1n) is 7.46. The summed E-state index contributed by atoms with van der Waals surface area (Å²) >= 11 is 0. The highest BCUT2D eigenvalue weighted by molar-refractivity contribution is 5.39. The summed E-state index contributed by atoms with van der Waals surface area (Å²) < 4.78 is 11.5. The second kappa shape index (κ2) is 8.32. The molecular formula is C18H23NO2. The van der Waals surface area contributed by atoms with Crippen LogP contribution in [0.15, 0.2) is 48.5 Å². The standard InChI is InChI=1S/C18H23NO2/c1-3-19-13-15-8-7-9-16(12-15)14-21-18-11-6-5-10-17(18)20-4-2/h5-12,19H,3-4,13-14H2,1-2H3. The molecule has 0 spiro atoms. The zero-order chi connectivity index (χ0) is 14.9. The fourth-order valence-electron chi connectivity index (χ4n) is 2.10. The van der Waals surface area contributed by atoms with Crippen LogP contribution in [-0.2, 0) is 13.2 Å². The molecule has 3 heteroatoms. The van der Waals surface area contributed by atoms with E-state index >= 15 is 0 Å². The molecule has 0 aromatic heterocycles. The number of hydrogen-bond donors (Lipinski definition) is 1. The molecule has 0 radical (unpaired) electrons. The quantitative estimate of drug-likeness (QED) is 0.801. The van der Waals surface area contributed by atoms with Gasteiger partial charge in [0.2, 0.25) is 0 Å². The predicted octanol–water partition coefficient (Wildman–Crippen LogP) is 3.77. The zero-order valence-corrected chi connectivity index (χ0v) is 12.8. The van der Waals surface area contributed by atoms with E-state index in [2.05, 4.69) is 36.5 Å². The van der Waals surface area contributed by atoms with E-state index in [9.17, 15) is 0 Å². The molecule has 2 aromatic rings. The molecule has 0 unspecified atom stereocenters. The van der Waals surface area contributed by atoms with Crippen LogP contribution in [0.4, 0.5) is 0 Å². The lowest BCUT2D eigenvalue weighted by atomic mass is 10.1. The van der Waals surface area contributed by atoms with Gasteiger partial charge in [-0.1, -0.05) is 43.3 Å². The Balaban J connectivity index is 1.99. The van der Waals surface area contributed by atoms with E-state index in [1.54, 1.807) is 0 Å². The third-order valence-electron chi connectivity index (χ3n) is 3.11. The van der Waals surface area contributed by atoms with Crippen LogP contribution in [0.25, 0.3) is 0 Å². The van der Waals surface area contributed by atoms with Gasteiger partial charge in [0.05, 0.1) is 6.61 Å². The van der Waals surface area contributed by atoms with Crippen LogP contribution in [-0.4, -0.2) is 13.2 Å². The Bertz CT molecular complexity index is 554. The molecule has 2 rings (SSSR count). The van der Waals surface area contributed by atoms with E-state index in [1.807, 2.05) is 31.2 Å². The number of nitrogens with one attached hydrogen (secondary N) is 1. The van der Waals surface area contributed by atoms with Gasteiger partial charge in [-0.05, 0) is 36.7 Å². The Morgan fingerprint density at radius 2 is 1.57 bits per heavy atom. The largest absolute Gasteiger partial charge is 0.490 e. The lowest BCUT2D eigenvalue weighted by Crippen LogP contribution is -2.11. The first kappa shape index (κ1) is 15.4. The molecule has 0 fully saturated rings. The summed E-state index contributed by atoms with van der Waals surface area (Å²) in [6.45, 7) is 7.13. The van der Waals surface area contributed by atoms with Crippen molar-refractivity contribution in [3.63, 3.8) is 0 Å². The molecular weight excluding hydrogens is 262 g/mol. The van der Waals surface area contributed by atoms with Crippen LogP contribution in [0.1, 0.15) is 25.0 Å². The fraction of sp³-hybridized carbons (Fsp3) is 0.333. The Morgan fingerprint density at radius 3 is 2.29 bits per heavy atom. The minimum Gasteiger partial charge on any atom is -0.490 e. The summed E-state index contributed by atoms with van der Waals surface area (Å²) in [5, 5.41) is 3.33. The highest BCUT2D eigenvalue weighted by Crippen LogP contribution is 2.27. The second-order valence-corrected chi connectivity index (χ2v) is 4.77. The minimum atomic E-state index is 0.546. The van der Waals surface area contributed by atoms with Gasteiger partial charge in [0.25, 0.3) is 0 Å². The molecule has 0 saturated heterocycles. The van der Waals surface area contributed by atoms with E-state index in [0.29, 0.717) is 13.2 Å². The van der Waals surface area contributed by atoms with Crippen molar-refractivity contribution < 1.29 is 9.47 Å². The minimum absolute atomic E-state index is 0.546. The number of benzene rings is 2. The molecule has 0 aliphatic rings. The maximum Gasteiger partial charge on any atom is 0.161 e. The van der Waals surface area contributed by atoms with Crippen molar-refractivity contribution >= 4 is 0 Å². The number of hydrogen-bond acceptors (Lipinski definition) is 3. The van der Waals surface area contributed by atoms with E-state index in [-0.39, 0.29) is 0 Å². The smallest absolute Gasteiger partial charge is 0.161 e. The van der Waals surface area contributed by atoms with Gasteiger partial charge in [-0.15, -0.1) is 0 Å². The molecule has 1 N–H and O–H groups in total. The molecule has 0 bridgehead atoms. The Kier molecular flexibility index (Phi) is 6.10. The van der Waals surface area contributed by atoms with Gasteiger partial charge in [-0.25, -0.2) is 0 Å². The highest BCUT2D eigenvalue weighted by Gasteiger charge is 2.04. The molecule has 3 nitrogen and oxygen atoms in total. The molecule has 0 aliphatic carbocycles. The van der Waals surface area contributed by atoms with Gasteiger partial charge in [-0.2, -0.15) is 0 Å². The molecule has 0 aliphatic heterocycles. The van der Waals surface area contributed by atoms with Gasteiger partial charge < -0.3 is 14.8 Å². The monoisotopic (exact) mass is 285 g/mol. The molecule has 112 valence electrons. The summed E-state index contributed by atoms with van der Waals surface area (Å²) in [5.74, 6) is 1.58. The predicted molar refractivity (Wildman–Crippen MR) is 85.8 cm³/mol. The summed E-state index contributed by atoms with van der Waals surface area (Å²) in [6, 6.07) is 16.2. The van der Waals surface area contributed by atoms with Gasteiger partial charge in [0, 0.05) is 6.54 Å². The number of rotatable bonds is 8. The van der Waals surface area contributed by atoms with E-state index in [1.165, 1.54) is 5.56 Å². The van der Waals surface area contributed by atoms with Crippen molar-refractivity contribution in [2.75, 3.05) is 13.2 Å². The summed E-state index contributed by atoms with van der Waals surface area (Å²) in [7, 11) is 0. The van der Waals surface area contributed by atoms with Crippen LogP contribution in [0.5, 0.6) is 11.5 Å². The Labute approximate surface area is 126 Å². The van der Waals surface area contributed by atoms with Crippen molar-refractivity contribution in [1.29, 1.82) is 0 Å². The van der Waals surface area contributed by atoms with Crippen molar-refractivity contribution in [2.24, 2.45) is 0 Å². The Hall–Kier alpha value is -2.00. The van der Waals surface area contributed by atoms with Crippen molar-refractivity contribution in [3.8, 4) is 11.5 Å². The third kappa shape index (κ3) is 4.80. The second-order valence-electron chi connectivity index (χ2n) is 4.77. The van der Waals surface area contributed by atoms with Gasteiger partial charge >= 0.3 is 0 Å². The number of ether oxygens (including phenoxy) is 2. The average Bonchev–Trinajstić information content (AvgIpc) is 2.53. The molecule has 0 saturated carbocycles. The van der Waals surface area contributed by atoms with Gasteiger partial charge in [0.1, 0.15) is 6.61 Å². The molecule has 0 amide bonds. The van der Waals surface area contributed by atoms with Crippen LogP contribution in [0.3, 0.4) is 0 Å².